The highest BCUT2D eigenvalue weighted by Crippen LogP contribution is 2.10. The number of carbonyl (C=O) groups is 1. The zero-order chi connectivity index (χ0) is 17.3. The second kappa shape index (κ2) is 15.6. The van der Waals surface area contributed by atoms with Crippen molar-refractivity contribution in [1.29, 1.82) is 0 Å². The van der Waals surface area contributed by atoms with Gasteiger partial charge in [-0.05, 0) is 6.42 Å². The normalized spacial score (nSPS) is 13.5. The van der Waals surface area contributed by atoms with E-state index in [4.69, 9.17) is 20.1 Å². The zero-order valence-electron chi connectivity index (χ0n) is 14.6. The Morgan fingerprint density at radius 1 is 1.13 bits per heavy atom. The van der Waals surface area contributed by atoms with E-state index in [0.717, 1.165) is 26.1 Å². The average Bonchev–Trinajstić information content (AvgIpc) is 2.93. The predicted molar refractivity (Wildman–Crippen MR) is 90.0 cm³/mol. The van der Waals surface area contributed by atoms with Crippen molar-refractivity contribution in [2.75, 3.05) is 26.2 Å². The number of amidine groups is 1. The number of aliphatic hydroxyl groups is 1. The lowest BCUT2D eigenvalue weighted by atomic mass is 10.1. The molecule has 0 fully saturated rings. The summed E-state index contributed by atoms with van der Waals surface area (Å²) in [5, 5.41) is 27.7. The van der Waals surface area contributed by atoms with Crippen LogP contribution in [0.5, 0.6) is 0 Å². The van der Waals surface area contributed by atoms with Gasteiger partial charge in [0, 0.05) is 6.42 Å². The smallest absolute Gasteiger partial charge is 0.249 e. The first-order valence-electron chi connectivity index (χ1n) is 8.97. The fourth-order valence-electron chi connectivity index (χ4n) is 2.80. The van der Waals surface area contributed by atoms with Crippen molar-refractivity contribution in [2.24, 2.45) is 0 Å². The third kappa shape index (κ3) is 14.0. The average molecular weight is 330 g/mol. The zero-order valence-corrected chi connectivity index (χ0v) is 14.6. The molecule has 0 saturated carbocycles. The minimum Gasteiger partial charge on any atom is -0.565 e. The van der Waals surface area contributed by atoms with Crippen LogP contribution in [0.1, 0.15) is 71.1 Å². The Hall–Kier alpha value is -1.30. The molecule has 0 atom stereocenters. The maximum absolute atomic E-state index is 8.99. The number of hydrogen-bond acceptors (Lipinski definition) is 4. The number of β-amino-alcohol motifs (C(OH)–C–C–N with tert-alkyl or cyclic N) is 1. The number of aliphatic hydroxyl groups excluding tert-OH is 1. The molecule has 1 heterocycles. The summed E-state index contributed by atoms with van der Waals surface area (Å²) in [5.41, 5.74) is 0. The van der Waals surface area contributed by atoms with Gasteiger partial charge < -0.3 is 20.1 Å². The Morgan fingerprint density at radius 3 is 2.17 bits per heavy atom. The SMILES string of the molecule is CCCCCCCCCCCC1=[N+](CCO)CCN1.O=C([O-])O. The van der Waals surface area contributed by atoms with Crippen LogP contribution in [-0.4, -0.2) is 53.0 Å². The lowest BCUT2D eigenvalue weighted by Crippen LogP contribution is -2.24. The lowest BCUT2D eigenvalue weighted by molar-refractivity contribution is -0.521. The van der Waals surface area contributed by atoms with Crippen LogP contribution >= 0.6 is 0 Å². The fraction of sp³-hybridized carbons (Fsp3) is 0.882. The molecule has 0 radical (unpaired) electrons. The molecule has 6 nitrogen and oxygen atoms in total. The van der Waals surface area contributed by atoms with Gasteiger partial charge in [-0.15, -0.1) is 0 Å². The van der Waals surface area contributed by atoms with E-state index >= 15 is 0 Å². The summed E-state index contributed by atoms with van der Waals surface area (Å²) in [6, 6.07) is 0. The number of nitrogens with zero attached hydrogens (tertiary/aromatic N) is 1. The summed E-state index contributed by atoms with van der Waals surface area (Å²) in [6.45, 7) is 5.44. The summed E-state index contributed by atoms with van der Waals surface area (Å²) in [4.78, 5) is 8.44. The molecule has 0 spiro atoms. The minimum absolute atomic E-state index is 0.267. The van der Waals surface area contributed by atoms with Crippen molar-refractivity contribution < 1.29 is 24.7 Å². The van der Waals surface area contributed by atoms with Gasteiger partial charge in [0.25, 0.3) is 0 Å². The molecule has 0 bridgehead atoms. The Labute approximate surface area is 140 Å². The molecule has 3 N–H and O–H groups in total. The number of carboxylic acid groups (broad SMARTS) is 2. The highest BCUT2D eigenvalue weighted by atomic mass is 16.6. The van der Waals surface area contributed by atoms with Gasteiger partial charge in [-0.1, -0.05) is 58.3 Å². The van der Waals surface area contributed by atoms with Crippen molar-refractivity contribution in [3.8, 4) is 0 Å². The van der Waals surface area contributed by atoms with Crippen LogP contribution in [0.2, 0.25) is 0 Å². The fourth-order valence-corrected chi connectivity index (χ4v) is 2.80. The molecule has 136 valence electrons. The first-order valence-corrected chi connectivity index (χ1v) is 8.97. The Morgan fingerprint density at radius 2 is 1.65 bits per heavy atom. The minimum atomic E-state index is -2.08. The molecule has 6 heteroatoms. The predicted octanol–water partition coefficient (Wildman–Crippen LogP) is 1.80. The third-order valence-electron chi connectivity index (χ3n) is 3.98. The van der Waals surface area contributed by atoms with Crippen LogP contribution in [0.25, 0.3) is 0 Å². The van der Waals surface area contributed by atoms with E-state index in [1.807, 2.05) is 0 Å². The Bertz CT molecular complexity index is 329. The molecule has 0 aliphatic carbocycles. The van der Waals surface area contributed by atoms with Crippen molar-refractivity contribution in [2.45, 2.75) is 71.1 Å². The molecule has 0 aromatic rings. The van der Waals surface area contributed by atoms with Gasteiger partial charge in [0.2, 0.25) is 12.0 Å². The second-order valence-corrected chi connectivity index (χ2v) is 5.93. The molecule has 0 aromatic heterocycles. The highest BCUT2D eigenvalue weighted by molar-refractivity contribution is 5.78. The van der Waals surface area contributed by atoms with Gasteiger partial charge in [-0.2, -0.15) is 0 Å². The van der Waals surface area contributed by atoms with Crippen LogP contribution in [0, 0.1) is 0 Å². The molecule has 0 aromatic carbocycles. The summed E-state index contributed by atoms with van der Waals surface area (Å²) in [5.74, 6) is 1.36. The first kappa shape index (κ1) is 21.7. The lowest BCUT2D eigenvalue weighted by Gasteiger charge is -2.03. The van der Waals surface area contributed by atoms with Crippen LogP contribution in [-0.2, 0) is 0 Å². The van der Waals surface area contributed by atoms with Crippen molar-refractivity contribution in [3.63, 3.8) is 0 Å². The monoisotopic (exact) mass is 330 g/mol. The topological polar surface area (TPSA) is 95.6 Å². The molecule has 0 amide bonds. The van der Waals surface area contributed by atoms with Gasteiger partial charge in [0.1, 0.15) is 19.6 Å². The summed E-state index contributed by atoms with van der Waals surface area (Å²) >= 11 is 0. The van der Waals surface area contributed by atoms with Gasteiger partial charge in [0.05, 0.1) is 6.61 Å². The van der Waals surface area contributed by atoms with Crippen molar-refractivity contribution in [1.82, 2.24) is 5.32 Å². The van der Waals surface area contributed by atoms with E-state index in [1.165, 1.54) is 63.6 Å². The molecular formula is C17H34N2O4. The maximum atomic E-state index is 8.99. The summed E-state index contributed by atoms with van der Waals surface area (Å²) in [6.07, 6.45) is 11.5. The van der Waals surface area contributed by atoms with E-state index in [0.29, 0.717) is 0 Å². The summed E-state index contributed by atoms with van der Waals surface area (Å²) < 4.78 is 2.30. The quantitative estimate of drug-likeness (QED) is 0.375. The van der Waals surface area contributed by atoms with Crippen LogP contribution in [0.4, 0.5) is 4.79 Å². The molecule has 1 aliphatic heterocycles. The number of nitrogens with one attached hydrogen (secondary N) is 1. The van der Waals surface area contributed by atoms with Crippen molar-refractivity contribution in [3.05, 3.63) is 0 Å². The third-order valence-corrected chi connectivity index (χ3v) is 3.98. The Balaban J connectivity index is 0.00000108. The molecule has 23 heavy (non-hydrogen) atoms. The molecule has 1 aliphatic rings. The summed E-state index contributed by atoms with van der Waals surface area (Å²) in [7, 11) is 0. The Kier molecular flexibility index (Phi) is 14.7. The van der Waals surface area contributed by atoms with Gasteiger partial charge in [-0.25, -0.2) is 0 Å². The maximum Gasteiger partial charge on any atom is 0.249 e. The molecule has 1 rings (SSSR count). The molecular weight excluding hydrogens is 296 g/mol. The van der Waals surface area contributed by atoms with Gasteiger partial charge >= 0.3 is 0 Å². The van der Waals surface area contributed by atoms with E-state index in [-0.39, 0.29) is 6.61 Å². The van der Waals surface area contributed by atoms with Gasteiger partial charge in [0.15, 0.2) is 0 Å². The number of hydrogen-bond donors (Lipinski definition) is 3. The van der Waals surface area contributed by atoms with E-state index in [2.05, 4.69) is 16.8 Å². The van der Waals surface area contributed by atoms with E-state index in [1.54, 1.807) is 0 Å². The number of unbranched alkanes of at least 4 members (excludes halogenated alkanes) is 8. The van der Waals surface area contributed by atoms with Crippen LogP contribution < -0.4 is 10.4 Å². The highest BCUT2D eigenvalue weighted by Gasteiger charge is 2.19. The van der Waals surface area contributed by atoms with Crippen LogP contribution in [0.15, 0.2) is 0 Å². The van der Waals surface area contributed by atoms with Crippen molar-refractivity contribution >= 4 is 12.0 Å². The van der Waals surface area contributed by atoms with Crippen LogP contribution in [0.3, 0.4) is 0 Å². The van der Waals surface area contributed by atoms with E-state index in [9.17, 15) is 0 Å². The molecule has 0 unspecified atom stereocenters. The first-order chi connectivity index (χ1) is 11.1. The van der Waals surface area contributed by atoms with Gasteiger partial charge in [-0.3, -0.25) is 9.89 Å². The van der Waals surface area contributed by atoms with E-state index < -0.39 is 6.16 Å². The standard InChI is InChI=1S/C16H32N2O.CH2O3/c1-2-3-4-5-6-7-8-9-10-11-16-17-12-13-18(16)14-15-19;2-1(3)4/h19H,2-15H2,1H3;(H2,2,3,4). The number of rotatable bonds is 12. The largest absolute Gasteiger partial charge is 0.565 e. The second-order valence-electron chi connectivity index (χ2n) is 5.93. The molecule has 0 saturated heterocycles.